The minimum atomic E-state index is 0.394. The lowest BCUT2D eigenvalue weighted by atomic mass is 10.2. The highest BCUT2D eigenvalue weighted by atomic mass is 35.5. The highest BCUT2D eigenvalue weighted by Crippen LogP contribution is 2.26. The third kappa shape index (κ3) is 3.61. The summed E-state index contributed by atoms with van der Waals surface area (Å²) in [6, 6.07) is 1.79. The Morgan fingerprint density at radius 3 is 2.84 bits per heavy atom. The molecule has 102 valence electrons. The van der Waals surface area contributed by atoms with Crippen LogP contribution in [0.4, 0.5) is 5.69 Å². The molecule has 0 aliphatic carbocycles. The maximum Gasteiger partial charge on any atom is 0.154 e. The standard InChI is InChI=1S/C13H16Cl2N4/c1-3-4-19-8-10(7-17-19)6-16-12-9(2)5-11(14)18-13(12)15/h5,7-8,16H,3-4,6H2,1-2H3. The van der Waals surface area contributed by atoms with E-state index in [-0.39, 0.29) is 0 Å². The number of hydrogen-bond acceptors (Lipinski definition) is 3. The summed E-state index contributed by atoms with van der Waals surface area (Å²) >= 11 is 11.9. The van der Waals surface area contributed by atoms with Gasteiger partial charge in [0.2, 0.25) is 0 Å². The van der Waals surface area contributed by atoms with Gasteiger partial charge in [-0.1, -0.05) is 30.1 Å². The number of anilines is 1. The van der Waals surface area contributed by atoms with Gasteiger partial charge in [0.15, 0.2) is 5.15 Å². The average molecular weight is 299 g/mol. The molecule has 2 aromatic heterocycles. The zero-order valence-electron chi connectivity index (χ0n) is 11.0. The van der Waals surface area contributed by atoms with Gasteiger partial charge >= 0.3 is 0 Å². The summed E-state index contributed by atoms with van der Waals surface area (Å²) in [6.45, 7) is 5.67. The van der Waals surface area contributed by atoms with Gasteiger partial charge in [-0.3, -0.25) is 4.68 Å². The Bertz CT molecular complexity index is 543. The molecule has 0 amide bonds. The normalized spacial score (nSPS) is 10.7. The summed E-state index contributed by atoms with van der Waals surface area (Å²) in [5, 5.41) is 8.36. The van der Waals surface area contributed by atoms with Gasteiger partial charge in [-0.05, 0) is 25.0 Å². The lowest BCUT2D eigenvalue weighted by Crippen LogP contribution is -2.02. The minimum absolute atomic E-state index is 0.394. The van der Waals surface area contributed by atoms with E-state index in [4.69, 9.17) is 23.2 Å². The Morgan fingerprint density at radius 2 is 2.16 bits per heavy atom. The highest BCUT2D eigenvalue weighted by molar-refractivity contribution is 6.34. The molecule has 19 heavy (non-hydrogen) atoms. The number of nitrogens with zero attached hydrogens (tertiary/aromatic N) is 3. The van der Waals surface area contributed by atoms with Gasteiger partial charge in [0.05, 0.1) is 11.9 Å². The van der Waals surface area contributed by atoms with Crippen molar-refractivity contribution in [1.82, 2.24) is 14.8 Å². The fraction of sp³-hybridized carbons (Fsp3) is 0.385. The van der Waals surface area contributed by atoms with E-state index in [2.05, 4.69) is 22.3 Å². The SMILES string of the molecule is CCCn1cc(CNc2c(C)cc(Cl)nc2Cl)cn1. The van der Waals surface area contributed by atoms with Crippen molar-refractivity contribution in [3.63, 3.8) is 0 Å². The molecule has 0 unspecified atom stereocenters. The minimum Gasteiger partial charge on any atom is -0.378 e. The van der Waals surface area contributed by atoms with Gasteiger partial charge < -0.3 is 5.32 Å². The molecule has 0 aromatic carbocycles. The van der Waals surface area contributed by atoms with Gasteiger partial charge in [0, 0.05) is 24.8 Å². The molecule has 4 nitrogen and oxygen atoms in total. The van der Waals surface area contributed by atoms with Crippen molar-refractivity contribution in [3.05, 3.63) is 39.9 Å². The molecule has 0 fully saturated rings. The van der Waals surface area contributed by atoms with Crippen LogP contribution in [0.5, 0.6) is 0 Å². The Labute approximate surface area is 122 Å². The number of aromatic nitrogens is 3. The first-order valence-corrected chi connectivity index (χ1v) is 6.93. The molecule has 0 saturated carbocycles. The second kappa shape index (κ2) is 6.26. The molecule has 2 aromatic rings. The van der Waals surface area contributed by atoms with Gasteiger partial charge in [-0.15, -0.1) is 0 Å². The summed E-state index contributed by atoms with van der Waals surface area (Å²) in [6.07, 6.45) is 4.96. The van der Waals surface area contributed by atoms with Gasteiger partial charge in [0.1, 0.15) is 5.15 Å². The van der Waals surface area contributed by atoms with E-state index in [1.807, 2.05) is 24.0 Å². The smallest absolute Gasteiger partial charge is 0.154 e. The monoisotopic (exact) mass is 298 g/mol. The fourth-order valence-corrected chi connectivity index (χ4v) is 2.45. The van der Waals surface area contributed by atoms with Crippen LogP contribution in [0, 0.1) is 6.92 Å². The Kier molecular flexibility index (Phi) is 4.66. The van der Waals surface area contributed by atoms with Crippen molar-refractivity contribution < 1.29 is 0 Å². The lowest BCUT2D eigenvalue weighted by molar-refractivity contribution is 0.602. The third-order valence-corrected chi connectivity index (χ3v) is 3.22. The Hall–Kier alpha value is -1.26. The molecule has 0 saturated heterocycles. The molecule has 0 radical (unpaired) electrons. The fourth-order valence-electron chi connectivity index (χ4n) is 1.85. The molecule has 0 bridgehead atoms. The molecule has 2 heterocycles. The molecule has 2 rings (SSSR count). The average Bonchev–Trinajstić information content (AvgIpc) is 2.76. The first-order valence-electron chi connectivity index (χ1n) is 6.18. The molecular weight excluding hydrogens is 283 g/mol. The maximum atomic E-state index is 6.08. The van der Waals surface area contributed by atoms with Crippen LogP contribution in [0.3, 0.4) is 0 Å². The predicted molar refractivity (Wildman–Crippen MR) is 78.8 cm³/mol. The van der Waals surface area contributed by atoms with Crippen LogP contribution in [0.1, 0.15) is 24.5 Å². The van der Waals surface area contributed by atoms with Gasteiger partial charge in [-0.2, -0.15) is 5.10 Å². The van der Waals surface area contributed by atoms with Crippen molar-refractivity contribution in [2.75, 3.05) is 5.32 Å². The van der Waals surface area contributed by atoms with E-state index in [0.717, 1.165) is 29.8 Å². The number of aryl methyl sites for hydroxylation is 2. The molecule has 0 spiro atoms. The van der Waals surface area contributed by atoms with Crippen molar-refractivity contribution in [1.29, 1.82) is 0 Å². The van der Waals surface area contributed by atoms with Crippen LogP contribution in [-0.2, 0) is 13.1 Å². The van der Waals surface area contributed by atoms with Crippen LogP contribution in [0.15, 0.2) is 18.5 Å². The van der Waals surface area contributed by atoms with E-state index in [0.29, 0.717) is 16.9 Å². The zero-order valence-corrected chi connectivity index (χ0v) is 12.5. The van der Waals surface area contributed by atoms with Gasteiger partial charge in [0.25, 0.3) is 0 Å². The molecule has 6 heteroatoms. The predicted octanol–water partition coefficient (Wildman–Crippen LogP) is 3.92. The van der Waals surface area contributed by atoms with E-state index >= 15 is 0 Å². The van der Waals surface area contributed by atoms with Crippen LogP contribution in [0.2, 0.25) is 10.3 Å². The number of hydrogen-bond donors (Lipinski definition) is 1. The number of nitrogens with one attached hydrogen (secondary N) is 1. The van der Waals surface area contributed by atoms with E-state index in [1.165, 1.54) is 0 Å². The molecule has 0 aliphatic heterocycles. The van der Waals surface area contributed by atoms with Crippen LogP contribution < -0.4 is 5.32 Å². The molecule has 1 N–H and O–H groups in total. The number of halogens is 2. The first kappa shape index (κ1) is 14.2. The van der Waals surface area contributed by atoms with Crippen molar-refractivity contribution in [2.45, 2.75) is 33.4 Å². The van der Waals surface area contributed by atoms with Gasteiger partial charge in [-0.25, -0.2) is 4.98 Å². The molecule has 0 atom stereocenters. The first-order chi connectivity index (χ1) is 9.10. The van der Waals surface area contributed by atoms with Crippen molar-refractivity contribution >= 4 is 28.9 Å². The molecular formula is C13H16Cl2N4. The van der Waals surface area contributed by atoms with Crippen molar-refractivity contribution in [3.8, 4) is 0 Å². The summed E-state index contributed by atoms with van der Waals surface area (Å²) in [7, 11) is 0. The van der Waals surface area contributed by atoms with E-state index < -0.39 is 0 Å². The molecule has 0 aliphatic rings. The van der Waals surface area contributed by atoms with Crippen LogP contribution in [0.25, 0.3) is 0 Å². The lowest BCUT2D eigenvalue weighted by Gasteiger charge is -2.10. The largest absolute Gasteiger partial charge is 0.378 e. The number of pyridine rings is 1. The van der Waals surface area contributed by atoms with Crippen LogP contribution >= 0.6 is 23.2 Å². The summed E-state index contributed by atoms with van der Waals surface area (Å²) < 4.78 is 1.94. The quantitative estimate of drug-likeness (QED) is 0.851. The Balaban J connectivity index is 2.05. The second-order valence-corrected chi connectivity index (χ2v) is 5.14. The highest BCUT2D eigenvalue weighted by Gasteiger charge is 2.07. The Morgan fingerprint density at radius 1 is 1.37 bits per heavy atom. The zero-order chi connectivity index (χ0) is 13.8. The topological polar surface area (TPSA) is 42.7 Å². The summed E-state index contributed by atoms with van der Waals surface area (Å²) in [5.74, 6) is 0. The van der Waals surface area contributed by atoms with Crippen molar-refractivity contribution in [2.24, 2.45) is 0 Å². The summed E-state index contributed by atoms with van der Waals surface area (Å²) in [5.41, 5.74) is 2.90. The number of rotatable bonds is 5. The van der Waals surface area contributed by atoms with E-state index in [9.17, 15) is 0 Å². The van der Waals surface area contributed by atoms with Crippen LogP contribution in [-0.4, -0.2) is 14.8 Å². The second-order valence-electron chi connectivity index (χ2n) is 4.39. The van der Waals surface area contributed by atoms with E-state index in [1.54, 1.807) is 6.07 Å². The summed E-state index contributed by atoms with van der Waals surface area (Å²) in [4.78, 5) is 4.03. The maximum absolute atomic E-state index is 6.08. The third-order valence-electron chi connectivity index (χ3n) is 2.75.